The van der Waals surface area contributed by atoms with Gasteiger partial charge in [-0.15, -0.1) is 0 Å². The van der Waals surface area contributed by atoms with E-state index >= 15 is 0 Å². The second-order valence-electron chi connectivity index (χ2n) is 7.64. The molecule has 0 saturated carbocycles. The molecule has 2 aromatic heterocycles. The highest BCUT2D eigenvalue weighted by molar-refractivity contribution is 6.30. The first kappa shape index (κ1) is 19.9. The van der Waals surface area contributed by atoms with Crippen LogP contribution in [0.5, 0.6) is 11.5 Å². The van der Waals surface area contributed by atoms with Crippen molar-refractivity contribution in [3.63, 3.8) is 0 Å². The van der Waals surface area contributed by atoms with E-state index in [-0.39, 0.29) is 17.1 Å². The first-order valence-electron chi connectivity index (χ1n) is 8.94. The van der Waals surface area contributed by atoms with E-state index in [1.807, 2.05) is 29.1 Å². The fourth-order valence-corrected chi connectivity index (χ4v) is 2.84. The van der Waals surface area contributed by atoms with E-state index in [1.54, 1.807) is 18.3 Å². The number of pyridine rings is 1. The molecule has 146 valence electrons. The minimum Gasteiger partial charge on any atom is -0.453 e. The number of carbonyl (C=O) groups excluding carboxylic acids is 1. The van der Waals surface area contributed by atoms with Crippen molar-refractivity contribution in [2.45, 2.75) is 39.2 Å². The molecule has 7 heteroatoms. The van der Waals surface area contributed by atoms with Gasteiger partial charge in [-0.1, -0.05) is 23.7 Å². The summed E-state index contributed by atoms with van der Waals surface area (Å²) < 4.78 is 7.64. The zero-order chi connectivity index (χ0) is 20.3. The van der Waals surface area contributed by atoms with E-state index in [2.05, 4.69) is 30.9 Å². The third-order valence-corrected chi connectivity index (χ3v) is 4.31. The molecule has 0 aliphatic rings. The summed E-state index contributed by atoms with van der Waals surface area (Å²) in [4.78, 5) is 16.5. The van der Waals surface area contributed by atoms with E-state index in [9.17, 15) is 4.79 Å². The summed E-state index contributed by atoms with van der Waals surface area (Å²) >= 11 is 5.94. The average Bonchev–Trinajstić information content (AvgIpc) is 3.07. The number of rotatable bonds is 6. The number of Topliss-reactive ketones (excluding diaryl/α,β-unsaturated/α-hetero) is 1. The Morgan fingerprint density at radius 1 is 1.18 bits per heavy atom. The first-order chi connectivity index (χ1) is 13.2. The van der Waals surface area contributed by atoms with Gasteiger partial charge in [0.2, 0.25) is 0 Å². The molecule has 2 heterocycles. The largest absolute Gasteiger partial charge is 0.453 e. The molecule has 0 fully saturated rings. The Labute approximate surface area is 169 Å². The van der Waals surface area contributed by atoms with Crippen molar-refractivity contribution < 1.29 is 9.53 Å². The van der Waals surface area contributed by atoms with Crippen molar-refractivity contribution in [2.24, 2.45) is 0 Å². The van der Waals surface area contributed by atoms with Gasteiger partial charge in [0.05, 0.1) is 16.8 Å². The number of ketones is 1. The first-order valence-corrected chi connectivity index (χ1v) is 9.32. The predicted molar refractivity (Wildman–Crippen MR) is 110 cm³/mol. The van der Waals surface area contributed by atoms with Crippen molar-refractivity contribution in [3.8, 4) is 11.5 Å². The molecular weight excluding hydrogens is 376 g/mol. The second-order valence-corrected chi connectivity index (χ2v) is 8.08. The Bertz CT molecular complexity index is 992. The van der Waals surface area contributed by atoms with Crippen LogP contribution in [0.3, 0.4) is 0 Å². The van der Waals surface area contributed by atoms with Crippen LogP contribution in [0.25, 0.3) is 0 Å². The molecule has 0 bridgehead atoms. The third-order valence-electron chi connectivity index (χ3n) is 4.10. The van der Waals surface area contributed by atoms with Gasteiger partial charge in [-0.05, 0) is 44.0 Å². The Morgan fingerprint density at radius 2 is 1.93 bits per heavy atom. The maximum Gasteiger partial charge on any atom is 0.170 e. The highest BCUT2D eigenvalue weighted by Gasteiger charge is 2.15. The van der Waals surface area contributed by atoms with Gasteiger partial charge < -0.3 is 10.5 Å². The number of nitrogens with zero attached hydrogens (tertiary/aromatic N) is 3. The number of nitrogens with two attached hydrogens (primary N) is 1. The Morgan fingerprint density at radius 3 is 2.64 bits per heavy atom. The number of nitrogen functional groups attached to an aromatic ring is 1. The van der Waals surface area contributed by atoms with Crippen molar-refractivity contribution in [1.82, 2.24) is 14.8 Å². The van der Waals surface area contributed by atoms with Crippen molar-refractivity contribution >= 4 is 23.2 Å². The molecule has 0 atom stereocenters. The van der Waals surface area contributed by atoms with Crippen LogP contribution >= 0.6 is 11.6 Å². The number of ether oxygens (including phenoxy) is 1. The van der Waals surface area contributed by atoms with Crippen LogP contribution < -0.4 is 10.5 Å². The molecule has 6 nitrogen and oxygen atoms in total. The summed E-state index contributed by atoms with van der Waals surface area (Å²) in [5.41, 5.74) is 7.48. The van der Waals surface area contributed by atoms with Crippen LogP contribution in [0.15, 0.2) is 48.9 Å². The summed E-state index contributed by atoms with van der Waals surface area (Å²) in [6.45, 7) is 6.21. The van der Waals surface area contributed by atoms with Crippen molar-refractivity contribution in [3.05, 3.63) is 65.1 Å². The highest BCUT2D eigenvalue weighted by atomic mass is 35.5. The number of aromatic nitrogens is 3. The summed E-state index contributed by atoms with van der Waals surface area (Å²) in [5.74, 6) is 1.31. The molecule has 0 aliphatic heterocycles. The lowest BCUT2D eigenvalue weighted by molar-refractivity contribution is -0.117. The number of benzene rings is 1. The molecule has 2 N–H and O–H groups in total. The van der Waals surface area contributed by atoms with Gasteiger partial charge in [-0.3, -0.25) is 9.48 Å². The number of halogens is 1. The van der Waals surface area contributed by atoms with Gasteiger partial charge in [0.15, 0.2) is 11.6 Å². The SMILES string of the molecule is CC(C)(C)n1cc(CC(=O)Cc2cccc(Oc3cc(Cl)cnc3N)c2)cn1. The molecule has 0 aliphatic carbocycles. The van der Waals surface area contributed by atoms with E-state index in [0.717, 1.165) is 11.1 Å². The normalized spacial score (nSPS) is 11.4. The monoisotopic (exact) mass is 398 g/mol. The fourth-order valence-electron chi connectivity index (χ4n) is 2.70. The Balaban J connectivity index is 1.66. The van der Waals surface area contributed by atoms with Crippen LogP contribution in [-0.4, -0.2) is 20.5 Å². The van der Waals surface area contributed by atoms with Crippen LogP contribution in [0.1, 0.15) is 31.9 Å². The molecule has 1 aromatic carbocycles. The zero-order valence-electron chi connectivity index (χ0n) is 16.1. The number of anilines is 1. The Kier molecular flexibility index (Phi) is 5.70. The summed E-state index contributed by atoms with van der Waals surface area (Å²) in [6.07, 6.45) is 5.78. The van der Waals surface area contributed by atoms with Crippen LogP contribution in [-0.2, 0) is 23.2 Å². The van der Waals surface area contributed by atoms with Crippen molar-refractivity contribution in [2.75, 3.05) is 5.73 Å². The predicted octanol–water partition coefficient (Wildman–Crippen LogP) is 4.42. The third kappa shape index (κ3) is 5.10. The minimum absolute atomic E-state index is 0.106. The molecule has 0 saturated heterocycles. The van der Waals surface area contributed by atoms with Gasteiger partial charge in [0.25, 0.3) is 0 Å². The number of hydrogen-bond acceptors (Lipinski definition) is 5. The van der Waals surface area contributed by atoms with E-state index in [1.165, 1.54) is 6.20 Å². The van der Waals surface area contributed by atoms with E-state index < -0.39 is 0 Å². The second kappa shape index (κ2) is 8.02. The molecule has 3 rings (SSSR count). The summed E-state index contributed by atoms with van der Waals surface area (Å²) in [6, 6.07) is 8.94. The number of carbonyl (C=O) groups is 1. The maximum absolute atomic E-state index is 12.5. The van der Waals surface area contributed by atoms with Crippen LogP contribution in [0, 0.1) is 0 Å². The van der Waals surface area contributed by atoms with E-state index in [4.69, 9.17) is 22.1 Å². The highest BCUT2D eigenvalue weighted by Crippen LogP contribution is 2.29. The standard InChI is InChI=1S/C21H23ClN4O2/c1-21(2,3)26-13-15(11-25-26)8-17(27)7-14-5-4-6-18(9-14)28-19-10-16(22)12-24-20(19)23/h4-6,9-13H,7-8H2,1-3H3,(H2,23,24). The molecule has 3 aromatic rings. The molecule has 0 unspecified atom stereocenters. The van der Waals surface area contributed by atoms with Gasteiger partial charge in [0, 0.05) is 31.3 Å². The lowest BCUT2D eigenvalue weighted by Gasteiger charge is -2.18. The topological polar surface area (TPSA) is 83.0 Å². The number of hydrogen-bond donors (Lipinski definition) is 1. The minimum atomic E-state index is -0.107. The fraction of sp³-hybridized carbons (Fsp3) is 0.286. The zero-order valence-corrected chi connectivity index (χ0v) is 16.9. The van der Waals surface area contributed by atoms with E-state index in [0.29, 0.717) is 29.4 Å². The Hall–Kier alpha value is -2.86. The smallest absolute Gasteiger partial charge is 0.170 e. The lowest BCUT2D eigenvalue weighted by atomic mass is 10.0. The summed E-state index contributed by atoms with van der Waals surface area (Å²) in [7, 11) is 0. The molecule has 0 radical (unpaired) electrons. The molecule has 0 spiro atoms. The van der Waals surface area contributed by atoms with Gasteiger partial charge in [-0.2, -0.15) is 5.10 Å². The van der Waals surface area contributed by atoms with Gasteiger partial charge in [-0.25, -0.2) is 4.98 Å². The maximum atomic E-state index is 12.5. The molecular formula is C21H23ClN4O2. The molecule has 28 heavy (non-hydrogen) atoms. The van der Waals surface area contributed by atoms with Crippen molar-refractivity contribution in [1.29, 1.82) is 0 Å². The van der Waals surface area contributed by atoms with Gasteiger partial charge >= 0.3 is 0 Å². The summed E-state index contributed by atoms with van der Waals surface area (Å²) in [5, 5.41) is 4.78. The quantitative estimate of drug-likeness (QED) is 0.664. The van der Waals surface area contributed by atoms with Gasteiger partial charge in [0.1, 0.15) is 11.5 Å². The lowest BCUT2D eigenvalue weighted by Crippen LogP contribution is -2.22. The van der Waals surface area contributed by atoms with Crippen LogP contribution in [0.4, 0.5) is 5.82 Å². The average molecular weight is 399 g/mol. The molecule has 0 amide bonds. The van der Waals surface area contributed by atoms with Crippen LogP contribution in [0.2, 0.25) is 5.02 Å².